The van der Waals surface area contributed by atoms with E-state index in [1.807, 2.05) is 60.7 Å². The molecule has 0 heterocycles. The van der Waals surface area contributed by atoms with Gasteiger partial charge >= 0.3 is 0 Å². The van der Waals surface area contributed by atoms with Gasteiger partial charge in [0.15, 0.2) is 11.6 Å². The maximum atomic E-state index is 12.8. The first-order valence-electron chi connectivity index (χ1n) is 10.4. The van der Waals surface area contributed by atoms with Crippen LogP contribution in [-0.2, 0) is 12.8 Å². The van der Waals surface area contributed by atoms with Gasteiger partial charge in [-0.25, -0.2) is 0 Å². The average Bonchev–Trinajstić information content (AvgIpc) is 2.79. The van der Waals surface area contributed by atoms with Gasteiger partial charge in [-0.3, -0.25) is 9.59 Å². The number of carbonyl (C=O) groups excluding carboxylic acids is 2. The Hall–Kier alpha value is -3.52. The Morgan fingerprint density at radius 1 is 0.533 bits per heavy atom. The van der Waals surface area contributed by atoms with Crippen LogP contribution in [0.4, 0.5) is 0 Å². The zero-order valence-electron chi connectivity index (χ0n) is 16.6. The predicted octanol–water partition coefficient (Wildman–Crippen LogP) is 5.82. The maximum absolute atomic E-state index is 12.8. The van der Waals surface area contributed by atoms with Crippen molar-refractivity contribution in [3.8, 4) is 0 Å². The van der Waals surface area contributed by atoms with Crippen LogP contribution in [0.2, 0.25) is 0 Å². The molecule has 0 aromatic heterocycles. The number of carbonyl (C=O) groups is 2. The molecular formula is C28H22O2. The molecule has 30 heavy (non-hydrogen) atoms. The van der Waals surface area contributed by atoms with Crippen molar-refractivity contribution in [1.82, 2.24) is 0 Å². The first-order chi connectivity index (χ1) is 14.7. The highest BCUT2D eigenvalue weighted by Gasteiger charge is 2.24. The van der Waals surface area contributed by atoms with E-state index in [0.29, 0.717) is 12.8 Å². The van der Waals surface area contributed by atoms with Gasteiger partial charge in [0.05, 0.1) is 0 Å². The molecule has 0 spiro atoms. The predicted molar refractivity (Wildman–Crippen MR) is 120 cm³/mol. The summed E-state index contributed by atoms with van der Waals surface area (Å²) in [4.78, 5) is 25.6. The molecule has 0 N–H and O–H groups in total. The highest BCUT2D eigenvalue weighted by molar-refractivity contribution is 6.05. The lowest BCUT2D eigenvalue weighted by Gasteiger charge is -2.19. The summed E-state index contributed by atoms with van der Waals surface area (Å²) in [7, 11) is 0. The van der Waals surface area contributed by atoms with Gasteiger partial charge in [0.2, 0.25) is 0 Å². The zero-order valence-corrected chi connectivity index (χ0v) is 16.6. The second kappa shape index (κ2) is 7.72. The Morgan fingerprint density at radius 3 is 1.37 bits per heavy atom. The van der Waals surface area contributed by atoms with E-state index >= 15 is 0 Å². The number of benzene rings is 3. The van der Waals surface area contributed by atoms with Crippen LogP contribution in [0.3, 0.4) is 0 Å². The van der Waals surface area contributed by atoms with E-state index in [-0.39, 0.29) is 23.4 Å². The van der Waals surface area contributed by atoms with Crippen LogP contribution in [0.25, 0.3) is 12.2 Å². The van der Waals surface area contributed by atoms with Gasteiger partial charge in [-0.2, -0.15) is 0 Å². The number of hydrogen-bond donors (Lipinski definition) is 0. The third-order valence-corrected chi connectivity index (χ3v) is 6.08. The SMILES string of the molecule is O=C1c2ccccc2C=CC1Cc1ccc(CC2C=Cc3ccccc3C2=O)cc1. The fourth-order valence-corrected chi connectivity index (χ4v) is 4.39. The summed E-state index contributed by atoms with van der Waals surface area (Å²) in [5.74, 6) is 0.137. The van der Waals surface area contributed by atoms with Crippen LogP contribution < -0.4 is 0 Å². The summed E-state index contributed by atoms with van der Waals surface area (Å²) in [6.07, 6.45) is 9.52. The first kappa shape index (κ1) is 18.5. The number of allylic oxidation sites excluding steroid dienone is 2. The fraction of sp³-hybridized carbons (Fsp3) is 0.143. The summed E-state index contributed by atoms with van der Waals surface area (Å²) in [6.45, 7) is 0. The molecule has 146 valence electrons. The second-order valence-corrected chi connectivity index (χ2v) is 8.06. The van der Waals surface area contributed by atoms with Crippen LogP contribution in [0, 0.1) is 11.8 Å². The normalized spacial score (nSPS) is 19.5. The molecule has 2 atom stereocenters. The lowest BCUT2D eigenvalue weighted by atomic mass is 9.83. The minimum absolute atomic E-state index is 0.120. The fourth-order valence-electron chi connectivity index (χ4n) is 4.39. The molecule has 5 rings (SSSR count). The minimum atomic E-state index is -0.120. The third kappa shape index (κ3) is 3.46. The van der Waals surface area contributed by atoms with E-state index in [2.05, 4.69) is 36.4 Å². The lowest BCUT2D eigenvalue weighted by Crippen LogP contribution is -2.20. The van der Waals surface area contributed by atoms with Crippen molar-refractivity contribution in [2.75, 3.05) is 0 Å². The van der Waals surface area contributed by atoms with Crippen molar-refractivity contribution >= 4 is 23.7 Å². The van der Waals surface area contributed by atoms with E-state index < -0.39 is 0 Å². The highest BCUT2D eigenvalue weighted by atomic mass is 16.1. The molecule has 0 bridgehead atoms. The number of ketones is 2. The average molecular weight is 390 g/mol. The quantitative estimate of drug-likeness (QED) is 0.562. The van der Waals surface area contributed by atoms with Crippen molar-refractivity contribution in [1.29, 1.82) is 0 Å². The van der Waals surface area contributed by atoms with E-state index in [9.17, 15) is 9.59 Å². The Labute approximate surface area is 176 Å². The molecule has 0 fully saturated rings. The molecule has 0 aliphatic heterocycles. The first-order valence-corrected chi connectivity index (χ1v) is 10.4. The summed E-state index contributed by atoms with van der Waals surface area (Å²) in [6, 6.07) is 23.9. The molecule has 0 amide bonds. The van der Waals surface area contributed by atoms with E-state index in [0.717, 1.165) is 33.4 Å². The number of hydrogen-bond acceptors (Lipinski definition) is 2. The maximum Gasteiger partial charge on any atom is 0.170 e. The minimum Gasteiger partial charge on any atom is -0.293 e. The van der Waals surface area contributed by atoms with Crippen LogP contribution >= 0.6 is 0 Å². The van der Waals surface area contributed by atoms with E-state index in [1.54, 1.807) is 0 Å². The van der Waals surface area contributed by atoms with Gasteiger partial charge in [0.25, 0.3) is 0 Å². The van der Waals surface area contributed by atoms with Crippen LogP contribution in [-0.4, -0.2) is 11.6 Å². The summed E-state index contributed by atoms with van der Waals surface area (Å²) in [5, 5.41) is 0. The smallest absolute Gasteiger partial charge is 0.170 e. The summed E-state index contributed by atoms with van der Waals surface area (Å²) in [5.41, 5.74) is 5.89. The van der Waals surface area contributed by atoms with Gasteiger partial charge in [0.1, 0.15) is 0 Å². The molecule has 2 nitrogen and oxygen atoms in total. The van der Waals surface area contributed by atoms with Gasteiger partial charge < -0.3 is 0 Å². The molecule has 3 aromatic carbocycles. The topological polar surface area (TPSA) is 34.1 Å². The molecule has 2 aliphatic carbocycles. The summed E-state index contributed by atoms with van der Waals surface area (Å²) < 4.78 is 0. The van der Waals surface area contributed by atoms with E-state index in [1.165, 1.54) is 0 Å². The monoisotopic (exact) mass is 390 g/mol. The van der Waals surface area contributed by atoms with Crippen molar-refractivity contribution < 1.29 is 9.59 Å². The molecular weight excluding hydrogens is 368 g/mol. The molecule has 3 aromatic rings. The van der Waals surface area contributed by atoms with Crippen molar-refractivity contribution in [3.05, 3.63) is 118 Å². The Balaban J connectivity index is 1.27. The Bertz CT molecular complexity index is 1090. The highest BCUT2D eigenvalue weighted by Crippen LogP contribution is 2.27. The zero-order chi connectivity index (χ0) is 20.5. The molecule has 2 heteroatoms. The lowest BCUT2D eigenvalue weighted by molar-refractivity contribution is 0.0935. The largest absolute Gasteiger partial charge is 0.293 e. The third-order valence-electron chi connectivity index (χ3n) is 6.08. The van der Waals surface area contributed by atoms with Crippen LogP contribution in [0.1, 0.15) is 43.0 Å². The Morgan fingerprint density at radius 2 is 0.933 bits per heavy atom. The van der Waals surface area contributed by atoms with Gasteiger partial charge in [-0.05, 0) is 35.1 Å². The molecule has 2 unspecified atom stereocenters. The molecule has 0 saturated carbocycles. The molecule has 0 radical (unpaired) electrons. The Kier molecular flexibility index (Phi) is 4.76. The van der Waals surface area contributed by atoms with Gasteiger partial charge in [-0.1, -0.05) is 97.1 Å². The number of fused-ring (bicyclic) bond motifs is 2. The van der Waals surface area contributed by atoms with Gasteiger partial charge in [-0.15, -0.1) is 0 Å². The molecule has 0 saturated heterocycles. The second-order valence-electron chi connectivity index (χ2n) is 8.06. The van der Waals surface area contributed by atoms with Crippen molar-refractivity contribution in [2.45, 2.75) is 12.8 Å². The van der Waals surface area contributed by atoms with Crippen molar-refractivity contribution in [3.63, 3.8) is 0 Å². The number of rotatable bonds is 4. The van der Waals surface area contributed by atoms with Crippen molar-refractivity contribution in [2.24, 2.45) is 11.8 Å². The van der Waals surface area contributed by atoms with E-state index in [4.69, 9.17) is 0 Å². The number of Topliss-reactive ketones (excluding diaryl/α,β-unsaturated/α-hetero) is 2. The van der Waals surface area contributed by atoms with Crippen LogP contribution in [0.5, 0.6) is 0 Å². The van der Waals surface area contributed by atoms with Gasteiger partial charge in [0, 0.05) is 23.0 Å². The summed E-state index contributed by atoms with van der Waals surface area (Å²) >= 11 is 0. The van der Waals surface area contributed by atoms with Crippen LogP contribution in [0.15, 0.2) is 84.9 Å². The standard InChI is InChI=1S/C28H22O2/c29-27-23(15-13-21-5-1-3-7-25(21)27)17-19-9-11-20(12-10-19)18-24-16-14-22-6-2-4-8-26(22)28(24)30/h1-16,23-24H,17-18H2. The molecule has 2 aliphatic rings.